The molecule has 0 radical (unpaired) electrons. The minimum absolute atomic E-state index is 0.00903. The van der Waals surface area contributed by atoms with Crippen molar-refractivity contribution in [3.05, 3.63) is 35.6 Å². The summed E-state index contributed by atoms with van der Waals surface area (Å²) in [4.78, 5) is 25.9. The van der Waals surface area contributed by atoms with Crippen LogP contribution in [0.4, 0.5) is 9.18 Å². The number of carbonyl (C=O) groups is 2. The third-order valence-electron chi connectivity index (χ3n) is 4.78. The fraction of sp³-hybridized carbons (Fsp3) is 0.500. The second kappa shape index (κ2) is 5.68. The lowest BCUT2D eigenvalue weighted by Crippen LogP contribution is -2.57. The van der Waals surface area contributed by atoms with Crippen LogP contribution in [-0.2, 0) is 11.2 Å². The molecule has 5 nitrogen and oxygen atoms in total. The maximum atomic E-state index is 14.1. The Labute approximate surface area is 128 Å². The lowest BCUT2D eigenvalue weighted by atomic mass is 9.74. The molecule has 3 amide bonds. The Morgan fingerprint density at radius 3 is 2.55 bits per heavy atom. The quantitative estimate of drug-likeness (QED) is 0.827. The van der Waals surface area contributed by atoms with Gasteiger partial charge in [0.25, 0.3) is 5.91 Å². The molecule has 0 spiro atoms. The monoisotopic (exact) mass is 305 g/mol. The van der Waals surface area contributed by atoms with Gasteiger partial charge in [-0.1, -0.05) is 18.2 Å². The molecule has 1 aromatic carbocycles. The van der Waals surface area contributed by atoms with E-state index in [0.29, 0.717) is 5.56 Å². The van der Waals surface area contributed by atoms with Crippen molar-refractivity contribution in [2.24, 2.45) is 5.92 Å². The molecule has 2 heterocycles. The number of halogens is 1. The first-order valence-corrected chi connectivity index (χ1v) is 7.59. The summed E-state index contributed by atoms with van der Waals surface area (Å²) in [5, 5.41) is 6.11. The van der Waals surface area contributed by atoms with Crippen molar-refractivity contribution in [3.8, 4) is 0 Å². The van der Waals surface area contributed by atoms with E-state index in [0.717, 1.165) is 30.8 Å². The van der Waals surface area contributed by atoms with Crippen molar-refractivity contribution in [1.29, 1.82) is 0 Å². The van der Waals surface area contributed by atoms with Crippen molar-refractivity contribution in [3.63, 3.8) is 0 Å². The smallest absolute Gasteiger partial charge is 0.322 e. The highest BCUT2D eigenvalue weighted by molar-refractivity contribution is 6.07. The molecule has 0 unspecified atom stereocenters. The number of benzene rings is 1. The Kier molecular flexibility index (Phi) is 3.87. The van der Waals surface area contributed by atoms with E-state index in [1.807, 2.05) is 0 Å². The molecule has 0 bridgehead atoms. The van der Waals surface area contributed by atoms with Gasteiger partial charge in [0.1, 0.15) is 11.4 Å². The molecule has 3 rings (SSSR count). The average Bonchev–Trinajstić information content (AvgIpc) is 2.76. The van der Waals surface area contributed by atoms with Crippen LogP contribution in [0, 0.1) is 11.7 Å². The Hall–Kier alpha value is -1.95. The van der Waals surface area contributed by atoms with Gasteiger partial charge in [0.15, 0.2) is 0 Å². The van der Waals surface area contributed by atoms with E-state index < -0.39 is 11.6 Å². The fourth-order valence-electron chi connectivity index (χ4n) is 3.52. The van der Waals surface area contributed by atoms with Gasteiger partial charge in [-0.15, -0.1) is 0 Å². The molecule has 6 heteroatoms. The summed E-state index contributed by atoms with van der Waals surface area (Å²) in [5.74, 6) is -0.588. The van der Waals surface area contributed by atoms with Crippen molar-refractivity contribution in [1.82, 2.24) is 15.5 Å². The zero-order valence-electron chi connectivity index (χ0n) is 12.6. The summed E-state index contributed by atoms with van der Waals surface area (Å²) >= 11 is 0. The van der Waals surface area contributed by atoms with Gasteiger partial charge in [-0.05, 0) is 43.5 Å². The van der Waals surface area contributed by atoms with E-state index in [1.54, 1.807) is 18.2 Å². The number of nitrogens with one attached hydrogen (secondary N) is 2. The number of urea groups is 1. The molecule has 2 aliphatic rings. The van der Waals surface area contributed by atoms with E-state index in [9.17, 15) is 14.0 Å². The van der Waals surface area contributed by atoms with Crippen molar-refractivity contribution >= 4 is 11.9 Å². The zero-order chi connectivity index (χ0) is 15.7. The molecule has 22 heavy (non-hydrogen) atoms. The van der Waals surface area contributed by atoms with Gasteiger partial charge >= 0.3 is 6.03 Å². The second-order valence-corrected chi connectivity index (χ2v) is 6.06. The highest BCUT2D eigenvalue weighted by atomic mass is 19.1. The molecule has 2 N–H and O–H groups in total. The fourth-order valence-corrected chi connectivity index (χ4v) is 3.52. The molecule has 0 aliphatic carbocycles. The molecule has 0 aromatic heterocycles. The Balaban J connectivity index is 1.98. The molecule has 118 valence electrons. The first-order chi connectivity index (χ1) is 10.5. The predicted molar refractivity (Wildman–Crippen MR) is 79.7 cm³/mol. The van der Waals surface area contributed by atoms with Gasteiger partial charge < -0.3 is 10.6 Å². The van der Waals surface area contributed by atoms with Crippen molar-refractivity contribution < 1.29 is 14.0 Å². The minimum atomic E-state index is -1.03. The van der Waals surface area contributed by atoms with E-state index >= 15 is 0 Å². The van der Waals surface area contributed by atoms with Crippen LogP contribution < -0.4 is 10.6 Å². The molecular weight excluding hydrogens is 285 g/mol. The lowest BCUT2D eigenvalue weighted by Gasteiger charge is -2.37. The Bertz CT molecular complexity index is 601. The number of piperidine rings is 1. The summed E-state index contributed by atoms with van der Waals surface area (Å²) in [6, 6.07) is 6.03. The summed E-state index contributed by atoms with van der Waals surface area (Å²) in [6.45, 7) is 1.60. The predicted octanol–water partition coefficient (Wildman–Crippen LogP) is 1.29. The van der Waals surface area contributed by atoms with Crippen LogP contribution in [-0.4, -0.2) is 42.5 Å². The molecule has 2 aliphatic heterocycles. The minimum Gasteiger partial charge on any atom is -0.322 e. The van der Waals surface area contributed by atoms with Crippen LogP contribution >= 0.6 is 0 Å². The van der Waals surface area contributed by atoms with E-state index in [1.165, 1.54) is 13.1 Å². The molecule has 1 atom stereocenters. The molecule has 0 saturated carbocycles. The van der Waals surface area contributed by atoms with Crippen LogP contribution in [0.5, 0.6) is 0 Å². The van der Waals surface area contributed by atoms with Gasteiger partial charge in [0.2, 0.25) is 0 Å². The Morgan fingerprint density at radius 1 is 1.27 bits per heavy atom. The summed E-state index contributed by atoms with van der Waals surface area (Å²) in [7, 11) is 1.47. The topological polar surface area (TPSA) is 61.4 Å². The first kappa shape index (κ1) is 15.0. The van der Waals surface area contributed by atoms with Crippen LogP contribution in [0.1, 0.15) is 18.4 Å². The SMILES string of the molecule is CN1C(=O)N[C@](Cc2ccccc2F)(C2CCNCC2)C1=O. The average molecular weight is 305 g/mol. The highest BCUT2D eigenvalue weighted by Crippen LogP contribution is 2.35. The van der Waals surface area contributed by atoms with Gasteiger partial charge in [-0.2, -0.15) is 0 Å². The maximum Gasteiger partial charge on any atom is 0.324 e. The number of rotatable bonds is 3. The third-order valence-corrected chi connectivity index (χ3v) is 4.78. The molecular formula is C16H20FN3O2. The largest absolute Gasteiger partial charge is 0.324 e. The summed E-state index contributed by atoms with van der Waals surface area (Å²) in [5.41, 5.74) is -0.569. The number of amides is 3. The van der Waals surface area contributed by atoms with Gasteiger partial charge in [0, 0.05) is 13.5 Å². The molecule has 2 saturated heterocycles. The Morgan fingerprint density at radius 2 is 1.95 bits per heavy atom. The van der Waals surface area contributed by atoms with Gasteiger partial charge in [0.05, 0.1) is 0 Å². The third kappa shape index (κ3) is 2.37. The van der Waals surface area contributed by atoms with Crippen LogP contribution in [0.2, 0.25) is 0 Å². The zero-order valence-corrected chi connectivity index (χ0v) is 12.6. The van der Waals surface area contributed by atoms with E-state index in [-0.39, 0.29) is 24.1 Å². The van der Waals surface area contributed by atoms with E-state index in [4.69, 9.17) is 0 Å². The first-order valence-electron chi connectivity index (χ1n) is 7.59. The van der Waals surface area contributed by atoms with E-state index in [2.05, 4.69) is 10.6 Å². The summed E-state index contributed by atoms with van der Waals surface area (Å²) in [6.07, 6.45) is 1.77. The molecule has 1 aromatic rings. The normalized spacial score (nSPS) is 26.4. The standard InChI is InChI=1S/C16H20FN3O2/c1-20-14(21)16(19-15(20)22,12-6-8-18-9-7-12)10-11-4-2-3-5-13(11)17/h2-5,12,18H,6-10H2,1H3,(H,19,22)/t16-/m1/s1. The van der Waals surface area contributed by atoms with Crippen LogP contribution in [0.3, 0.4) is 0 Å². The number of hydrogen-bond acceptors (Lipinski definition) is 3. The number of carbonyl (C=O) groups excluding carboxylic acids is 2. The molecule has 2 fully saturated rings. The van der Waals surface area contributed by atoms with Gasteiger partial charge in [-0.3, -0.25) is 9.69 Å². The number of nitrogens with zero attached hydrogens (tertiary/aromatic N) is 1. The number of hydrogen-bond donors (Lipinski definition) is 2. The number of imide groups is 1. The van der Waals surface area contributed by atoms with Crippen molar-refractivity contribution in [2.45, 2.75) is 24.8 Å². The van der Waals surface area contributed by atoms with Crippen molar-refractivity contribution in [2.75, 3.05) is 20.1 Å². The second-order valence-electron chi connectivity index (χ2n) is 6.06. The summed E-state index contributed by atoms with van der Waals surface area (Å²) < 4.78 is 14.1. The van der Waals surface area contributed by atoms with Crippen LogP contribution in [0.25, 0.3) is 0 Å². The number of likely N-dealkylation sites (N-methyl/N-ethyl adjacent to an activating group) is 1. The highest BCUT2D eigenvalue weighted by Gasteiger charge is 2.54. The maximum absolute atomic E-state index is 14.1. The lowest BCUT2D eigenvalue weighted by molar-refractivity contribution is -0.132. The van der Waals surface area contributed by atoms with Gasteiger partial charge in [-0.25, -0.2) is 9.18 Å². The van der Waals surface area contributed by atoms with Crippen LogP contribution in [0.15, 0.2) is 24.3 Å².